The van der Waals surface area contributed by atoms with E-state index in [0.29, 0.717) is 16.9 Å². The van der Waals surface area contributed by atoms with E-state index in [9.17, 15) is 4.79 Å². The van der Waals surface area contributed by atoms with Crippen molar-refractivity contribution in [2.24, 2.45) is 5.41 Å². The van der Waals surface area contributed by atoms with E-state index in [1.807, 2.05) is 25.7 Å². The predicted octanol–water partition coefficient (Wildman–Crippen LogP) is 4.49. The summed E-state index contributed by atoms with van der Waals surface area (Å²) < 4.78 is 5.45. The molecule has 1 saturated carbocycles. The van der Waals surface area contributed by atoms with Gasteiger partial charge in [-0.3, -0.25) is 0 Å². The average Bonchev–Trinajstić information content (AvgIpc) is 2.53. The van der Waals surface area contributed by atoms with Gasteiger partial charge in [0.1, 0.15) is 5.60 Å². The van der Waals surface area contributed by atoms with Crippen molar-refractivity contribution in [2.75, 3.05) is 18.8 Å². The van der Waals surface area contributed by atoms with Gasteiger partial charge in [-0.1, -0.05) is 35.9 Å². The highest BCUT2D eigenvalue weighted by molar-refractivity contribution is 6.29. The van der Waals surface area contributed by atoms with Gasteiger partial charge in [-0.05, 0) is 56.7 Å². The monoisotopic (exact) mass is 400 g/mol. The van der Waals surface area contributed by atoms with Crippen LogP contribution in [0.5, 0.6) is 0 Å². The molecule has 2 fully saturated rings. The Labute approximate surface area is 170 Å². The molecule has 1 saturated heterocycles. The number of aromatic nitrogens is 2. The first kappa shape index (κ1) is 19.0. The average molecular weight is 401 g/mol. The van der Waals surface area contributed by atoms with E-state index in [-0.39, 0.29) is 11.5 Å². The molecule has 2 aromatic rings. The summed E-state index contributed by atoms with van der Waals surface area (Å²) in [6.45, 7) is 7.29. The lowest BCUT2D eigenvalue weighted by Gasteiger charge is -2.59. The fraction of sp³-hybridized carbons (Fsp3) is 0.476. The molecule has 2 heterocycles. The molecule has 1 aliphatic carbocycles. The lowest BCUT2D eigenvalue weighted by molar-refractivity contribution is -0.0786. The minimum atomic E-state index is -0.443. The van der Waals surface area contributed by atoms with Crippen LogP contribution in [0, 0.1) is 5.41 Å². The fourth-order valence-corrected chi connectivity index (χ4v) is 4.39. The zero-order valence-corrected chi connectivity index (χ0v) is 17.2. The standard InChI is InChI=1S/C21H25ClN4O2/c1-20(2,3)28-19(27)26-11-21(12-26)9-15(10-21)13-4-6-14(7-5-13)16-8-17(22)24-25-18(16)23/h4-8,15H,9-12H2,1-3H3,(H2,23,25). The third-order valence-electron chi connectivity index (χ3n) is 5.55. The smallest absolute Gasteiger partial charge is 0.410 e. The molecule has 1 aromatic carbocycles. The largest absolute Gasteiger partial charge is 0.444 e. The number of nitrogens with zero attached hydrogens (tertiary/aromatic N) is 3. The number of carbonyl (C=O) groups is 1. The SMILES string of the molecule is CC(C)(C)OC(=O)N1CC2(CC(c3ccc(-c4cc(Cl)nnc4N)cc3)C2)C1. The Bertz CT molecular complexity index is 894. The summed E-state index contributed by atoms with van der Waals surface area (Å²) in [5.41, 5.74) is 8.84. The van der Waals surface area contributed by atoms with E-state index < -0.39 is 5.60 Å². The molecule has 6 nitrogen and oxygen atoms in total. The van der Waals surface area contributed by atoms with Crippen LogP contribution in [-0.2, 0) is 4.74 Å². The van der Waals surface area contributed by atoms with E-state index in [4.69, 9.17) is 22.1 Å². The van der Waals surface area contributed by atoms with Crippen LogP contribution in [0.25, 0.3) is 11.1 Å². The molecule has 7 heteroatoms. The number of hydrogen-bond acceptors (Lipinski definition) is 5. The molecule has 0 radical (unpaired) electrons. The molecule has 1 aliphatic heterocycles. The number of anilines is 1. The molecule has 28 heavy (non-hydrogen) atoms. The van der Waals surface area contributed by atoms with E-state index in [2.05, 4.69) is 34.5 Å². The maximum Gasteiger partial charge on any atom is 0.410 e. The van der Waals surface area contributed by atoms with Crippen LogP contribution in [0.15, 0.2) is 30.3 Å². The molecule has 1 amide bonds. The minimum Gasteiger partial charge on any atom is -0.444 e. The van der Waals surface area contributed by atoms with Crippen molar-refractivity contribution in [1.82, 2.24) is 15.1 Å². The van der Waals surface area contributed by atoms with Gasteiger partial charge in [-0.25, -0.2) is 4.79 Å². The topological polar surface area (TPSA) is 81.3 Å². The number of nitrogens with two attached hydrogens (primary N) is 1. The first-order valence-electron chi connectivity index (χ1n) is 9.51. The van der Waals surface area contributed by atoms with Crippen molar-refractivity contribution in [3.63, 3.8) is 0 Å². The normalized spacial score (nSPS) is 18.5. The molecule has 0 bridgehead atoms. The Morgan fingerprint density at radius 1 is 1.21 bits per heavy atom. The summed E-state index contributed by atoms with van der Waals surface area (Å²) in [5, 5.41) is 7.96. The Balaban J connectivity index is 1.35. The van der Waals surface area contributed by atoms with Crippen molar-refractivity contribution < 1.29 is 9.53 Å². The highest BCUT2D eigenvalue weighted by Crippen LogP contribution is 2.56. The lowest BCUT2D eigenvalue weighted by Crippen LogP contribution is -2.63. The fourth-order valence-electron chi connectivity index (χ4n) is 4.24. The number of nitrogen functional groups attached to an aromatic ring is 1. The van der Waals surface area contributed by atoms with E-state index in [0.717, 1.165) is 37.1 Å². The Morgan fingerprint density at radius 2 is 1.86 bits per heavy atom. The Hall–Kier alpha value is -2.34. The summed E-state index contributed by atoms with van der Waals surface area (Å²) in [4.78, 5) is 13.9. The van der Waals surface area contributed by atoms with Crippen LogP contribution in [0.3, 0.4) is 0 Å². The van der Waals surface area contributed by atoms with Gasteiger partial charge >= 0.3 is 6.09 Å². The summed E-state index contributed by atoms with van der Waals surface area (Å²) in [5.74, 6) is 0.905. The number of halogens is 1. The molecule has 2 N–H and O–H groups in total. The molecular weight excluding hydrogens is 376 g/mol. The van der Waals surface area contributed by atoms with Crippen LogP contribution in [0.2, 0.25) is 5.15 Å². The maximum atomic E-state index is 12.1. The van der Waals surface area contributed by atoms with E-state index in [1.165, 1.54) is 5.56 Å². The van der Waals surface area contributed by atoms with Gasteiger partial charge < -0.3 is 15.4 Å². The highest BCUT2D eigenvalue weighted by Gasteiger charge is 2.54. The van der Waals surface area contributed by atoms with Crippen molar-refractivity contribution in [3.05, 3.63) is 41.0 Å². The van der Waals surface area contributed by atoms with Gasteiger partial charge in [0, 0.05) is 24.1 Å². The van der Waals surface area contributed by atoms with Gasteiger partial charge in [-0.2, -0.15) is 0 Å². The van der Waals surface area contributed by atoms with Crippen LogP contribution in [0.1, 0.15) is 45.1 Å². The number of hydrogen-bond donors (Lipinski definition) is 1. The second-order valence-corrected chi connectivity index (χ2v) is 9.42. The number of likely N-dealkylation sites (tertiary alicyclic amines) is 1. The van der Waals surface area contributed by atoms with Crippen LogP contribution in [-0.4, -0.2) is 39.9 Å². The number of benzene rings is 1. The van der Waals surface area contributed by atoms with Crippen molar-refractivity contribution >= 4 is 23.5 Å². The molecule has 0 atom stereocenters. The van der Waals surface area contributed by atoms with E-state index in [1.54, 1.807) is 6.07 Å². The third kappa shape index (κ3) is 3.65. The Morgan fingerprint density at radius 3 is 2.46 bits per heavy atom. The molecule has 4 rings (SSSR count). The van der Waals surface area contributed by atoms with Crippen molar-refractivity contribution in [2.45, 2.75) is 45.1 Å². The first-order chi connectivity index (χ1) is 13.1. The Kier molecular flexibility index (Phi) is 4.49. The first-order valence-corrected chi connectivity index (χ1v) is 9.89. The minimum absolute atomic E-state index is 0.201. The molecule has 2 aliphatic rings. The summed E-state index contributed by atoms with van der Waals surface area (Å²) in [6, 6.07) is 10.1. The summed E-state index contributed by atoms with van der Waals surface area (Å²) in [6.07, 6.45) is 2.01. The van der Waals surface area contributed by atoms with Crippen molar-refractivity contribution in [3.8, 4) is 11.1 Å². The maximum absolute atomic E-state index is 12.1. The van der Waals surface area contributed by atoms with Crippen LogP contribution < -0.4 is 5.73 Å². The van der Waals surface area contributed by atoms with E-state index >= 15 is 0 Å². The van der Waals surface area contributed by atoms with Gasteiger partial charge in [0.2, 0.25) is 0 Å². The van der Waals surface area contributed by atoms with Crippen molar-refractivity contribution in [1.29, 1.82) is 0 Å². The second-order valence-electron chi connectivity index (χ2n) is 9.03. The summed E-state index contributed by atoms with van der Waals surface area (Å²) in [7, 11) is 0. The lowest BCUT2D eigenvalue weighted by atomic mass is 9.56. The summed E-state index contributed by atoms with van der Waals surface area (Å²) >= 11 is 5.94. The number of amides is 1. The van der Waals surface area contributed by atoms with Gasteiger partial charge in [-0.15, -0.1) is 10.2 Å². The van der Waals surface area contributed by atoms with Gasteiger partial charge in [0.25, 0.3) is 0 Å². The zero-order valence-electron chi connectivity index (χ0n) is 16.4. The quantitative estimate of drug-likeness (QED) is 0.802. The molecule has 148 valence electrons. The van der Waals surface area contributed by atoms with Crippen LogP contribution in [0.4, 0.5) is 10.6 Å². The van der Waals surface area contributed by atoms with Gasteiger partial charge in [0.05, 0.1) is 0 Å². The molecular formula is C21H25ClN4O2. The predicted molar refractivity (Wildman–Crippen MR) is 109 cm³/mol. The molecule has 1 spiro atoms. The number of carbonyl (C=O) groups excluding carboxylic acids is 1. The third-order valence-corrected chi connectivity index (χ3v) is 5.73. The highest BCUT2D eigenvalue weighted by atomic mass is 35.5. The molecule has 1 aromatic heterocycles. The second kappa shape index (κ2) is 6.62. The number of rotatable bonds is 2. The number of ether oxygens (including phenoxy) is 1. The molecule has 0 unspecified atom stereocenters. The van der Waals surface area contributed by atoms with Gasteiger partial charge in [0.15, 0.2) is 11.0 Å². The van der Waals surface area contributed by atoms with Crippen LogP contribution >= 0.6 is 11.6 Å². The zero-order chi connectivity index (χ0) is 20.1.